The fourth-order valence-electron chi connectivity index (χ4n) is 15.8. The van der Waals surface area contributed by atoms with Crippen molar-refractivity contribution in [1.29, 1.82) is 0 Å². The lowest BCUT2D eigenvalue weighted by molar-refractivity contribution is 0.290. The van der Waals surface area contributed by atoms with Crippen molar-refractivity contribution in [2.75, 3.05) is 4.90 Å². The van der Waals surface area contributed by atoms with Crippen LogP contribution >= 0.6 is 0 Å². The van der Waals surface area contributed by atoms with E-state index in [1.807, 2.05) is 0 Å². The molecule has 0 spiro atoms. The third-order valence-corrected chi connectivity index (χ3v) is 20.8. The molecule has 87 heavy (non-hydrogen) atoms. The Balaban J connectivity index is 0.728. The summed E-state index contributed by atoms with van der Waals surface area (Å²) in [7, 11) is 0. The fourth-order valence-corrected chi connectivity index (χ4v) is 15.8. The Morgan fingerprint density at radius 2 is 0.943 bits per heavy atom. The number of nitrogens with zero attached hydrogens (tertiary/aromatic N) is 2. The van der Waals surface area contributed by atoms with Crippen molar-refractivity contribution in [3.63, 3.8) is 0 Å². The Morgan fingerprint density at radius 1 is 0.425 bits per heavy atom. The number of benzene rings is 11. The van der Waals surface area contributed by atoms with Crippen LogP contribution in [0.5, 0.6) is 0 Å². The molecule has 2 nitrogen and oxygen atoms in total. The van der Waals surface area contributed by atoms with Crippen molar-refractivity contribution >= 4 is 38.9 Å². The summed E-state index contributed by atoms with van der Waals surface area (Å²) in [5.74, 6) is 1.63. The highest BCUT2D eigenvalue weighted by atomic mass is 15.1. The van der Waals surface area contributed by atoms with Crippen LogP contribution in [-0.4, -0.2) is 4.57 Å². The summed E-state index contributed by atoms with van der Waals surface area (Å²) in [5, 5.41) is 2.49. The standard InChI is InChI=1S/C85H78N2/c1-8-9-10-11-12-22-67-48-56(4)60-34-44-74-75-46-35-65(54-81(75)85(67,7)80(74)52-60)59-32-42-70(43-33-59)86(68-38-28-57(29-39-68)55(2)3)69-40-30-58(31-41-69)64-37-47-83-77(51-64)76-25-14-16-27-82(76)87(83)71-23-18-21-63(50-71)61-19-17-20-62(49-61)66-36-45-73-72-24-13-15-26-78(72)84(5,6)79(73)53-66/h13-21,23-47,49-56,67H,8-12,22,48H2,1-7H3. The molecular formula is C85H78N2. The minimum Gasteiger partial charge on any atom is -0.311 e. The highest BCUT2D eigenvalue weighted by molar-refractivity contribution is 6.10. The van der Waals surface area contributed by atoms with E-state index in [0.717, 1.165) is 22.7 Å². The molecular weight excluding hydrogens is 1050 g/mol. The second kappa shape index (κ2) is 21.8. The number of hydrogen-bond acceptors (Lipinski definition) is 1. The van der Waals surface area contributed by atoms with Crippen LogP contribution in [0.25, 0.3) is 94.3 Å². The van der Waals surface area contributed by atoms with Gasteiger partial charge in [0.05, 0.1) is 11.0 Å². The van der Waals surface area contributed by atoms with E-state index < -0.39 is 0 Å². The first-order chi connectivity index (χ1) is 42.4. The van der Waals surface area contributed by atoms with Crippen LogP contribution in [0.3, 0.4) is 0 Å². The Labute approximate surface area is 515 Å². The summed E-state index contributed by atoms with van der Waals surface area (Å²) in [6, 6.07) is 92.5. The van der Waals surface area contributed by atoms with Gasteiger partial charge in [0.2, 0.25) is 0 Å². The van der Waals surface area contributed by atoms with Crippen molar-refractivity contribution in [1.82, 2.24) is 4.57 Å². The molecule has 0 N–H and O–H groups in total. The molecule has 0 radical (unpaired) electrons. The van der Waals surface area contributed by atoms with Gasteiger partial charge in [-0.2, -0.15) is 0 Å². The molecule has 12 aromatic rings. The van der Waals surface area contributed by atoms with Gasteiger partial charge in [-0.1, -0.05) is 238 Å². The maximum atomic E-state index is 2.59. The van der Waals surface area contributed by atoms with Crippen molar-refractivity contribution in [3.8, 4) is 72.4 Å². The number of rotatable bonds is 15. The molecule has 3 aliphatic carbocycles. The highest BCUT2D eigenvalue weighted by Gasteiger charge is 2.47. The van der Waals surface area contributed by atoms with Gasteiger partial charge >= 0.3 is 0 Å². The zero-order valence-electron chi connectivity index (χ0n) is 51.7. The number of hydrogen-bond donors (Lipinski definition) is 0. The molecule has 2 bridgehead atoms. The molecule has 3 aliphatic rings. The molecule has 0 amide bonds. The number of para-hydroxylation sites is 1. The average Bonchev–Trinajstić information content (AvgIpc) is 1.60. The molecule has 0 saturated carbocycles. The first kappa shape index (κ1) is 54.7. The summed E-state index contributed by atoms with van der Waals surface area (Å²) in [4.78, 5) is 2.42. The first-order valence-corrected chi connectivity index (χ1v) is 32.3. The predicted molar refractivity (Wildman–Crippen MR) is 371 cm³/mol. The second-order valence-electron chi connectivity index (χ2n) is 26.6. The van der Waals surface area contributed by atoms with Crippen LogP contribution in [0.2, 0.25) is 0 Å². The molecule has 3 unspecified atom stereocenters. The Hall–Kier alpha value is -8.98. The summed E-state index contributed by atoms with van der Waals surface area (Å²) in [6.07, 6.45) is 9.17. The summed E-state index contributed by atoms with van der Waals surface area (Å²) in [5.41, 5.74) is 31.0. The van der Waals surface area contributed by atoms with Gasteiger partial charge in [-0.3, -0.25) is 0 Å². The number of unbranched alkanes of at least 4 members (excludes halogenated alkanes) is 4. The van der Waals surface area contributed by atoms with E-state index in [9.17, 15) is 0 Å². The van der Waals surface area contributed by atoms with Crippen LogP contribution in [0, 0.1) is 5.92 Å². The molecule has 0 saturated heterocycles. The number of aromatic nitrogens is 1. The molecule has 15 rings (SSSR count). The average molecular weight is 1130 g/mol. The number of fused-ring (bicyclic) bond motifs is 10. The number of anilines is 3. The van der Waals surface area contributed by atoms with E-state index in [0.29, 0.717) is 17.8 Å². The SMILES string of the molecule is CCCCCCCC1CC(C)c2ccc3c(c2)C1(C)c1cc(-c2ccc(N(c4ccc(-c5ccc6c(c5)c5ccccc5n6-c5cccc(-c6cccc(-c7ccc8c(c7)C(C)(C)c7ccccc7-8)c6)c5)cc4)c4ccc(C(C)C)cc4)cc2)ccc1-3. The lowest BCUT2D eigenvalue weighted by Gasteiger charge is -2.36. The van der Waals surface area contributed by atoms with Gasteiger partial charge in [0.25, 0.3) is 0 Å². The zero-order chi connectivity index (χ0) is 59.1. The van der Waals surface area contributed by atoms with E-state index in [1.165, 1.54) is 161 Å². The molecule has 1 aromatic heterocycles. The summed E-state index contributed by atoms with van der Waals surface area (Å²) >= 11 is 0. The van der Waals surface area contributed by atoms with E-state index in [1.54, 1.807) is 5.56 Å². The molecule has 1 heterocycles. The minimum atomic E-state index is -0.0473. The van der Waals surface area contributed by atoms with Crippen LogP contribution in [-0.2, 0) is 10.8 Å². The van der Waals surface area contributed by atoms with Crippen molar-refractivity contribution in [3.05, 3.63) is 276 Å². The van der Waals surface area contributed by atoms with Crippen LogP contribution in [0.4, 0.5) is 17.1 Å². The van der Waals surface area contributed by atoms with Gasteiger partial charge in [-0.15, -0.1) is 0 Å². The minimum absolute atomic E-state index is 0.000722. The largest absolute Gasteiger partial charge is 0.311 e. The Bertz CT molecular complexity index is 4590. The molecule has 3 atom stereocenters. The van der Waals surface area contributed by atoms with Gasteiger partial charge in [-0.05, 0) is 216 Å². The van der Waals surface area contributed by atoms with Crippen LogP contribution < -0.4 is 4.90 Å². The summed E-state index contributed by atoms with van der Waals surface area (Å²) < 4.78 is 2.44. The molecule has 0 aliphatic heterocycles. The van der Waals surface area contributed by atoms with E-state index >= 15 is 0 Å². The normalized spacial score (nSPS) is 16.9. The third-order valence-electron chi connectivity index (χ3n) is 20.8. The molecule has 428 valence electrons. The third kappa shape index (κ3) is 9.29. The first-order valence-electron chi connectivity index (χ1n) is 32.3. The van der Waals surface area contributed by atoms with Gasteiger partial charge in [0.15, 0.2) is 0 Å². The molecule has 2 heteroatoms. The second-order valence-corrected chi connectivity index (χ2v) is 26.6. The van der Waals surface area contributed by atoms with Crippen molar-refractivity contribution in [2.45, 2.75) is 116 Å². The van der Waals surface area contributed by atoms with Crippen molar-refractivity contribution < 1.29 is 0 Å². The quantitative estimate of drug-likeness (QED) is 0.0929. The van der Waals surface area contributed by atoms with E-state index in [-0.39, 0.29) is 10.8 Å². The monoisotopic (exact) mass is 1130 g/mol. The van der Waals surface area contributed by atoms with E-state index in [4.69, 9.17) is 0 Å². The summed E-state index contributed by atoms with van der Waals surface area (Å²) in [6.45, 7) is 16.6. The lowest BCUT2D eigenvalue weighted by Crippen LogP contribution is -2.31. The van der Waals surface area contributed by atoms with Gasteiger partial charge in [0.1, 0.15) is 0 Å². The highest BCUT2D eigenvalue weighted by Crippen LogP contribution is 2.59. The molecule has 11 aromatic carbocycles. The van der Waals surface area contributed by atoms with Crippen LogP contribution in [0.15, 0.2) is 243 Å². The predicted octanol–water partition coefficient (Wildman–Crippen LogP) is 24.1. The maximum Gasteiger partial charge on any atom is 0.0541 e. The topological polar surface area (TPSA) is 8.17 Å². The van der Waals surface area contributed by atoms with Gasteiger partial charge < -0.3 is 9.47 Å². The van der Waals surface area contributed by atoms with E-state index in [2.05, 4.69) is 301 Å². The van der Waals surface area contributed by atoms with Gasteiger partial charge in [-0.25, -0.2) is 0 Å². The Morgan fingerprint density at radius 3 is 1.64 bits per heavy atom. The van der Waals surface area contributed by atoms with Gasteiger partial charge in [0, 0.05) is 44.4 Å². The zero-order valence-corrected chi connectivity index (χ0v) is 51.7. The van der Waals surface area contributed by atoms with Crippen molar-refractivity contribution in [2.24, 2.45) is 5.92 Å². The molecule has 0 fully saturated rings. The van der Waals surface area contributed by atoms with Crippen LogP contribution in [0.1, 0.15) is 139 Å². The Kier molecular flexibility index (Phi) is 13.7. The maximum absolute atomic E-state index is 2.59. The fraction of sp³-hybridized carbons (Fsp3) is 0.224. The lowest BCUT2D eigenvalue weighted by atomic mass is 9.66. The smallest absolute Gasteiger partial charge is 0.0541 e.